The standard InChI is InChI=1S/C32H32F2N6O4/c1-19-9-10-22-23(6-2-8-25(22)38-28(41)20-11-13-32(33,34)17-20)27(19)44-29-24(7-3-14-35-29)26-12-15-36-30(39-26)37-21-5-4-16-40(18-21)31(42)43/h2-3,6-10,12,14-15,20-21H,4-5,11,13,16-18H2,1H3,(H,38,41)(H,42,43)(H,36,37,39)/t20?,21-/m0/s1. The summed E-state index contributed by atoms with van der Waals surface area (Å²) >= 11 is 0. The molecule has 2 aromatic carbocycles. The number of benzene rings is 2. The van der Waals surface area contributed by atoms with Crippen molar-refractivity contribution in [2.75, 3.05) is 23.7 Å². The van der Waals surface area contributed by atoms with Crippen molar-refractivity contribution in [3.8, 4) is 22.9 Å². The number of hydrogen-bond acceptors (Lipinski definition) is 7. The molecule has 0 radical (unpaired) electrons. The van der Waals surface area contributed by atoms with Crippen LogP contribution in [0.15, 0.2) is 60.9 Å². The second kappa shape index (κ2) is 12.0. The van der Waals surface area contributed by atoms with Crippen LogP contribution in [0.4, 0.5) is 25.2 Å². The molecule has 2 amide bonds. The van der Waals surface area contributed by atoms with Crippen molar-refractivity contribution in [2.45, 2.75) is 51.0 Å². The zero-order valence-electron chi connectivity index (χ0n) is 24.1. The van der Waals surface area contributed by atoms with Crippen LogP contribution in [0.5, 0.6) is 11.6 Å². The van der Waals surface area contributed by atoms with E-state index < -0.39 is 30.3 Å². The first kappa shape index (κ1) is 29.2. The molecule has 6 rings (SSSR count). The summed E-state index contributed by atoms with van der Waals surface area (Å²) in [5.74, 6) is -2.74. The molecule has 0 bridgehead atoms. The van der Waals surface area contributed by atoms with Crippen molar-refractivity contribution < 1.29 is 28.2 Å². The predicted octanol–water partition coefficient (Wildman–Crippen LogP) is 6.72. The van der Waals surface area contributed by atoms with E-state index in [1.165, 1.54) is 4.90 Å². The van der Waals surface area contributed by atoms with E-state index in [0.717, 1.165) is 23.8 Å². The van der Waals surface area contributed by atoms with Crippen LogP contribution in [-0.4, -0.2) is 62.0 Å². The Hall–Kier alpha value is -4.87. The summed E-state index contributed by atoms with van der Waals surface area (Å²) in [6.07, 6.45) is 3.27. The zero-order valence-corrected chi connectivity index (χ0v) is 24.1. The Morgan fingerprint density at radius 3 is 2.70 bits per heavy atom. The summed E-state index contributed by atoms with van der Waals surface area (Å²) in [4.78, 5) is 39.2. The van der Waals surface area contributed by atoms with E-state index in [1.807, 2.05) is 31.2 Å². The number of amides is 2. The lowest BCUT2D eigenvalue weighted by Crippen LogP contribution is -2.44. The van der Waals surface area contributed by atoms with Gasteiger partial charge in [0.1, 0.15) is 5.75 Å². The Morgan fingerprint density at radius 1 is 1.05 bits per heavy atom. The molecule has 2 aromatic heterocycles. The van der Waals surface area contributed by atoms with Crippen molar-refractivity contribution in [3.63, 3.8) is 0 Å². The van der Waals surface area contributed by atoms with Crippen molar-refractivity contribution in [1.29, 1.82) is 0 Å². The summed E-state index contributed by atoms with van der Waals surface area (Å²) in [5, 5.41) is 16.9. The van der Waals surface area contributed by atoms with Crippen molar-refractivity contribution in [2.24, 2.45) is 5.92 Å². The number of rotatable bonds is 7. The van der Waals surface area contributed by atoms with Crippen LogP contribution in [0.1, 0.15) is 37.7 Å². The average molecular weight is 603 g/mol. The maximum absolute atomic E-state index is 13.7. The van der Waals surface area contributed by atoms with E-state index >= 15 is 0 Å². The topological polar surface area (TPSA) is 130 Å². The normalized spacial score (nSPS) is 19.5. The molecule has 1 aliphatic heterocycles. The lowest BCUT2D eigenvalue weighted by Gasteiger charge is -2.31. The van der Waals surface area contributed by atoms with Crippen LogP contribution >= 0.6 is 0 Å². The molecule has 1 unspecified atom stereocenters. The van der Waals surface area contributed by atoms with E-state index in [9.17, 15) is 23.5 Å². The molecule has 44 heavy (non-hydrogen) atoms. The summed E-state index contributed by atoms with van der Waals surface area (Å²) in [7, 11) is 0. The molecule has 12 heteroatoms. The van der Waals surface area contributed by atoms with Gasteiger partial charge in [-0.3, -0.25) is 4.79 Å². The van der Waals surface area contributed by atoms with Gasteiger partial charge in [0.15, 0.2) is 0 Å². The molecular formula is C32H32F2N6O4. The molecule has 1 saturated carbocycles. The largest absolute Gasteiger partial charge is 0.465 e. The van der Waals surface area contributed by atoms with Gasteiger partial charge in [-0.2, -0.15) is 0 Å². The number of alkyl halides is 2. The Labute approximate surface area is 252 Å². The highest BCUT2D eigenvalue weighted by atomic mass is 19.3. The number of carbonyl (C=O) groups excluding carboxylic acids is 1. The Balaban J connectivity index is 1.26. The fourth-order valence-electron chi connectivity index (χ4n) is 5.89. The number of piperidine rings is 1. The zero-order chi connectivity index (χ0) is 30.8. The maximum Gasteiger partial charge on any atom is 0.407 e. The molecule has 1 saturated heterocycles. The van der Waals surface area contributed by atoms with Gasteiger partial charge in [0.05, 0.1) is 11.3 Å². The third kappa shape index (κ3) is 6.24. The number of nitrogens with zero attached hydrogens (tertiary/aromatic N) is 4. The fourth-order valence-corrected chi connectivity index (χ4v) is 5.89. The van der Waals surface area contributed by atoms with Gasteiger partial charge in [0.25, 0.3) is 0 Å². The van der Waals surface area contributed by atoms with E-state index in [1.54, 1.807) is 36.7 Å². The highest BCUT2D eigenvalue weighted by Crippen LogP contribution is 2.41. The quantitative estimate of drug-likeness (QED) is 0.213. The second-order valence-electron chi connectivity index (χ2n) is 11.3. The minimum absolute atomic E-state index is 0.113. The third-order valence-electron chi connectivity index (χ3n) is 8.17. The fraction of sp³-hybridized carbons (Fsp3) is 0.344. The van der Waals surface area contributed by atoms with Gasteiger partial charge >= 0.3 is 6.09 Å². The molecule has 0 spiro atoms. The Bertz CT molecular complexity index is 1720. The summed E-state index contributed by atoms with van der Waals surface area (Å²) in [5.41, 5.74) is 2.54. The van der Waals surface area contributed by atoms with Crippen molar-refractivity contribution in [1.82, 2.24) is 19.9 Å². The number of carbonyl (C=O) groups is 2. The number of likely N-dealkylation sites (tertiary alicyclic amines) is 1. The number of carboxylic acid groups (broad SMARTS) is 1. The van der Waals surface area contributed by atoms with Gasteiger partial charge in [-0.05, 0) is 56.0 Å². The van der Waals surface area contributed by atoms with Gasteiger partial charge < -0.3 is 25.4 Å². The van der Waals surface area contributed by atoms with Gasteiger partial charge in [0, 0.05) is 66.7 Å². The summed E-state index contributed by atoms with van der Waals surface area (Å²) < 4.78 is 33.9. The molecule has 2 fully saturated rings. The van der Waals surface area contributed by atoms with Gasteiger partial charge in [0.2, 0.25) is 23.7 Å². The van der Waals surface area contributed by atoms with Crippen molar-refractivity contribution in [3.05, 3.63) is 66.5 Å². The molecule has 228 valence electrons. The molecule has 4 aromatic rings. The van der Waals surface area contributed by atoms with Gasteiger partial charge in [-0.1, -0.05) is 24.3 Å². The van der Waals surface area contributed by atoms with Crippen LogP contribution in [-0.2, 0) is 4.79 Å². The van der Waals surface area contributed by atoms with Crippen LogP contribution in [0.3, 0.4) is 0 Å². The van der Waals surface area contributed by atoms with Crippen LogP contribution in [0.2, 0.25) is 0 Å². The number of nitrogens with one attached hydrogen (secondary N) is 2. The molecule has 10 nitrogen and oxygen atoms in total. The summed E-state index contributed by atoms with van der Waals surface area (Å²) in [6.45, 7) is 2.76. The third-order valence-corrected chi connectivity index (χ3v) is 8.17. The SMILES string of the molecule is Cc1ccc2c(NC(=O)C3CCC(F)(F)C3)cccc2c1Oc1ncccc1-c1ccnc(N[C@H]2CCCN(C(=O)O)C2)n1. The van der Waals surface area contributed by atoms with E-state index in [2.05, 4.69) is 25.6 Å². The van der Waals surface area contributed by atoms with Crippen LogP contribution in [0.25, 0.3) is 22.0 Å². The van der Waals surface area contributed by atoms with Crippen LogP contribution in [0, 0.1) is 12.8 Å². The highest BCUT2D eigenvalue weighted by molar-refractivity contribution is 6.05. The number of ether oxygens (including phenoxy) is 1. The molecule has 3 N–H and O–H groups in total. The molecule has 1 aliphatic carbocycles. The highest BCUT2D eigenvalue weighted by Gasteiger charge is 2.42. The number of aromatic nitrogens is 3. The van der Waals surface area contributed by atoms with E-state index in [0.29, 0.717) is 53.0 Å². The molecule has 2 aliphatic rings. The number of anilines is 2. The van der Waals surface area contributed by atoms with E-state index in [4.69, 9.17) is 4.74 Å². The first-order valence-electron chi connectivity index (χ1n) is 14.6. The maximum atomic E-state index is 13.7. The molecule has 2 atom stereocenters. The second-order valence-corrected chi connectivity index (χ2v) is 11.3. The first-order valence-corrected chi connectivity index (χ1v) is 14.6. The van der Waals surface area contributed by atoms with Crippen LogP contribution < -0.4 is 15.4 Å². The average Bonchev–Trinajstić information content (AvgIpc) is 3.39. The van der Waals surface area contributed by atoms with E-state index in [-0.39, 0.29) is 18.9 Å². The first-order chi connectivity index (χ1) is 21.2. The minimum atomic E-state index is -2.81. The minimum Gasteiger partial charge on any atom is -0.465 e. The number of hydrogen-bond donors (Lipinski definition) is 3. The molecular weight excluding hydrogens is 570 g/mol. The monoisotopic (exact) mass is 602 g/mol. The van der Waals surface area contributed by atoms with Gasteiger partial charge in [-0.15, -0.1) is 0 Å². The number of halogens is 2. The lowest BCUT2D eigenvalue weighted by molar-refractivity contribution is -0.120. The van der Waals surface area contributed by atoms with Gasteiger partial charge in [-0.25, -0.2) is 28.5 Å². The molecule has 3 heterocycles. The predicted molar refractivity (Wildman–Crippen MR) is 161 cm³/mol. The number of pyridine rings is 1. The lowest BCUT2D eigenvalue weighted by atomic mass is 10.0. The Kier molecular flexibility index (Phi) is 7.98. The van der Waals surface area contributed by atoms with Crippen molar-refractivity contribution >= 4 is 34.4 Å². The smallest absolute Gasteiger partial charge is 0.407 e. The number of aryl methyl sites for hydroxylation is 1. The number of fused-ring (bicyclic) bond motifs is 1. The Morgan fingerprint density at radius 2 is 1.91 bits per heavy atom. The summed E-state index contributed by atoms with van der Waals surface area (Å²) in [6, 6.07) is 14.4.